The number of hydrogen-bond acceptors (Lipinski definition) is 5. The lowest BCUT2D eigenvalue weighted by Crippen LogP contribution is -2.31. The number of furan rings is 1. The van der Waals surface area contributed by atoms with E-state index in [1.165, 1.54) is 11.0 Å². The van der Waals surface area contributed by atoms with Gasteiger partial charge in [0.2, 0.25) is 0 Å². The van der Waals surface area contributed by atoms with Gasteiger partial charge < -0.3 is 14.1 Å². The van der Waals surface area contributed by atoms with E-state index in [4.69, 9.17) is 9.15 Å². The molecule has 4 rings (SSSR count). The van der Waals surface area contributed by atoms with Crippen LogP contribution in [0.1, 0.15) is 30.2 Å². The number of benzene rings is 1. The molecular weight excluding hydrogens is 399 g/mol. The SMILES string of the molecule is CC(C)n1ncc2c(C(=O)N(C)CCOc3ccccc3F)cc(-c3ccco3)nc21. The number of fused-ring (bicyclic) bond motifs is 1. The number of pyridine rings is 1. The number of carbonyl (C=O) groups is 1. The smallest absolute Gasteiger partial charge is 0.254 e. The maximum Gasteiger partial charge on any atom is 0.254 e. The number of para-hydroxylation sites is 1. The number of halogens is 1. The van der Waals surface area contributed by atoms with Crippen molar-refractivity contribution in [2.45, 2.75) is 19.9 Å². The third kappa shape index (κ3) is 4.14. The van der Waals surface area contributed by atoms with Crippen molar-refractivity contribution in [1.82, 2.24) is 19.7 Å². The number of amides is 1. The van der Waals surface area contributed by atoms with Gasteiger partial charge in [-0.1, -0.05) is 12.1 Å². The molecule has 31 heavy (non-hydrogen) atoms. The van der Waals surface area contributed by atoms with E-state index in [1.54, 1.807) is 60.6 Å². The van der Waals surface area contributed by atoms with Crippen molar-refractivity contribution in [3.05, 3.63) is 66.3 Å². The predicted molar refractivity (Wildman–Crippen MR) is 114 cm³/mol. The minimum Gasteiger partial charge on any atom is -0.489 e. The summed E-state index contributed by atoms with van der Waals surface area (Å²) in [5.41, 5.74) is 1.64. The standard InChI is InChI=1S/C23H23FN4O3/c1-15(2)28-22-17(14-25-28)16(13-19(26-22)21-9-6-11-30-21)23(29)27(3)10-12-31-20-8-5-4-7-18(20)24/h4-9,11,13-15H,10,12H2,1-3H3. The second kappa shape index (κ2) is 8.59. The molecule has 0 saturated heterocycles. The Bertz CT molecular complexity index is 1200. The summed E-state index contributed by atoms with van der Waals surface area (Å²) in [5.74, 6) is 0.0862. The molecule has 3 aromatic heterocycles. The Hall–Kier alpha value is -3.68. The number of aromatic nitrogens is 3. The van der Waals surface area contributed by atoms with Gasteiger partial charge in [0.25, 0.3) is 5.91 Å². The second-order valence-electron chi connectivity index (χ2n) is 7.46. The first-order valence-corrected chi connectivity index (χ1v) is 10.0. The first-order valence-electron chi connectivity index (χ1n) is 10.0. The summed E-state index contributed by atoms with van der Waals surface area (Å²) in [6, 6.07) is 11.5. The van der Waals surface area contributed by atoms with E-state index in [0.29, 0.717) is 28.1 Å². The topological polar surface area (TPSA) is 73.4 Å². The lowest BCUT2D eigenvalue weighted by Gasteiger charge is -2.18. The highest BCUT2D eigenvalue weighted by atomic mass is 19.1. The normalized spacial score (nSPS) is 11.3. The van der Waals surface area contributed by atoms with Crippen molar-refractivity contribution in [1.29, 1.82) is 0 Å². The molecule has 160 valence electrons. The summed E-state index contributed by atoms with van der Waals surface area (Å²) in [6.07, 6.45) is 3.22. The monoisotopic (exact) mass is 422 g/mol. The molecule has 3 heterocycles. The van der Waals surface area contributed by atoms with Gasteiger partial charge in [-0.25, -0.2) is 14.1 Å². The third-order valence-electron chi connectivity index (χ3n) is 4.93. The van der Waals surface area contributed by atoms with Gasteiger partial charge in [-0.15, -0.1) is 0 Å². The molecule has 0 spiro atoms. The van der Waals surface area contributed by atoms with E-state index < -0.39 is 5.82 Å². The molecule has 7 nitrogen and oxygen atoms in total. The van der Waals surface area contributed by atoms with Gasteiger partial charge in [-0.3, -0.25) is 4.79 Å². The molecule has 0 fully saturated rings. The summed E-state index contributed by atoms with van der Waals surface area (Å²) < 4.78 is 26.5. The Morgan fingerprint density at radius 3 is 2.77 bits per heavy atom. The van der Waals surface area contributed by atoms with Crippen molar-refractivity contribution in [2.24, 2.45) is 0 Å². The first-order chi connectivity index (χ1) is 15.0. The van der Waals surface area contributed by atoms with E-state index in [2.05, 4.69) is 10.1 Å². The molecule has 0 aliphatic rings. The largest absolute Gasteiger partial charge is 0.489 e. The molecule has 0 atom stereocenters. The molecule has 0 saturated carbocycles. The van der Waals surface area contributed by atoms with Crippen LogP contribution in [0.3, 0.4) is 0 Å². The number of likely N-dealkylation sites (N-methyl/N-ethyl adjacent to an activating group) is 1. The van der Waals surface area contributed by atoms with Crippen LogP contribution in [0, 0.1) is 5.82 Å². The van der Waals surface area contributed by atoms with Crippen LogP contribution in [0.5, 0.6) is 5.75 Å². The maximum absolute atomic E-state index is 13.7. The molecule has 0 N–H and O–H groups in total. The van der Waals surface area contributed by atoms with Gasteiger partial charge in [0.15, 0.2) is 23.0 Å². The lowest BCUT2D eigenvalue weighted by atomic mass is 10.1. The van der Waals surface area contributed by atoms with E-state index in [-0.39, 0.29) is 30.9 Å². The fourth-order valence-electron chi connectivity index (χ4n) is 3.28. The molecule has 0 aliphatic heterocycles. The Labute approximate surface area is 179 Å². The number of hydrogen-bond donors (Lipinski definition) is 0. The van der Waals surface area contributed by atoms with E-state index in [9.17, 15) is 9.18 Å². The molecule has 1 amide bonds. The quantitative estimate of drug-likeness (QED) is 0.436. The number of rotatable bonds is 7. The van der Waals surface area contributed by atoms with Crippen molar-refractivity contribution in [3.63, 3.8) is 0 Å². The second-order valence-corrected chi connectivity index (χ2v) is 7.46. The van der Waals surface area contributed by atoms with Crippen molar-refractivity contribution >= 4 is 16.9 Å². The number of carbonyl (C=O) groups excluding carboxylic acids is 1. The summed E-state index contributed by atoms with van der Waals surface area (Å²) >= 11 is 0. The average molecular weight is 422 g/mol. The van der Waals surface area contributed by atoms with Gasteiger partial charge in [-0.05, 0) is 44.2 Å². The fraction of sp³-hybridized carbons (Fsp3) is 0.261. The van der Waals surface area contributed by atoms with Crippen molar-refractivity contribution in [2.75, 3.05) is 20.2 Å². The highest BCUT2D eigenvalue weighted by molar-refractivity contribution is 6.06. The molecule has 4 aromatic rings. The Balaban J connectivity index is 1.61. The van der Waals surface area contributed by atoms with Gasteiger partial charge in [0.05, 0.1) is 30.0 Å². The van der Waals surface area contributed by atoms with Crippen LogP contribution < -0.4 is 4.74 Å². The van der Waals surface area contributed by atoms with Gasteiger partial charge in [0, 0.05) is 13.1 Å². The fourth-order valence-corrected chi connectivity index (χ4v) is 3.28. The first kappa shape index (κ1) is 20.6. The Morgan fingerprint density at radius 2 is 2.06 bits per heavy atom. The minimum absolute atomic E-state index is 0.0756. The summed E-state index contributed by atoms with van der Waals surface area (Å²) in [4.78, 5) is 19.5. The van der Waals surface area contributed by atoms with E-state index in [1.807, 2.05) is 13.8 Å². The molecule has 0 radical (unpaired) electrons. The zero-order chi connectivity index (χ0) is 22.0. The van der Waals surface area contributed by atoms with Crippen molar-refractivity contribution in [3.8, 4) is 17.2 Å². The zero-order valence-electron chi connectivity index (χ0n) is 17.6. The van der Waals surface area contributed by atoms with E-state index >= 15 is 0 Å². The summed E-state index contributed by atoms with van der Waals surface area (Å²) in [6.45, 7) is 4.45. The summed E-state index contributed by atoms with van der Waals surface area (Å²) in [7, 11) is 1.68. The third-order valence-corrected chi connectivity index (χ3v) is 4.93. The van der Waals surface area contributed by atoms with Crippen LogP contribution in [0.25, 0.3) is 22.5 Å². The molecule has 0 unspecified atom stereocenters. The zero-order valence-corrected chi connectivity index (χ0v) is 17.6. The van der Waals surface area contributed by atoms with Crippen LogP contribution in [-0.2, 0) is 0 Å². The molecule has 1 aromatic carbocycles. The minimum atomic E-state index is -0.434. The highest BCUT2D eigenvalue weighted by Crippen LogP contribution is 2.27. The van der Waals surface area contributed by atoms with Gasteiger partial charge in [0.1, 0.15) is 12.3 Å². The summed E-state index contributed by atoms with van der Waals surface area (Å²) in [5, 5.41) is 5.08. The van der Waals surface area contributed by atoms with Crippen molar-refractivity contribution < 1.29 is 18.3 Å². The van der Waals surface area contributed by atoms with Crippen LogP contribution >= 0.6 is 0 Å². The van der Waals surface area contributed by atoms with Crippen LogP contribution in [-0.4, -0.2) is 45.8 Å². The van der Waals surface area contributed by atoms with Gasteiger partial charge >= 0.3 is 0 Å². The van der Waals surface area contributed by atoms with Crippen LogP contribution in [0.2, 0.25) is 0 Å². The average Bonchev–Trinajstić information content (AvgIpc) is 3.43. The number of nitrogens with zero attached hydrogens (tertiary/aromatic N) is 4. The predicted octanol–water partition coefficient (Wildman–Crippen LogP) is 4.56. The lowest BCUT2D eigenvalue weighted by molar-refractivity contribution is 0.0775. The molecule has 0 aliphatic carbocycles. The molecule has 0 bridgehead atoms. The van der Waals surface area contributed by atoms with E-state index in [0.717, 1.165) is 0 Å². The Morgan fingerprint density at radius 1 is 1.26 bits per heavy atom. The van der Waals surface area contributed by atoms with Crippen LogP contribution in [0.4, 0.5) is 4.39 Å². The number of ether oxygens (including phenoxy) is 1. The molecule has 8 heteroatoms. The molecular formula is C23H23FN4O3. The van der Waals surface area contributed by atoms with Crippen LogP contribution in [0.15, 0.2) is 59.3 Å². The Kier molecular flexibility index (Phi) is 5.70. The highest BCUT2D eigenvalue weighted by Gasteiger charge is 2.21. The van der Waals surface area contributed by atoms with Gasteiger partial charge in [-0.2, -0.15) is 5.10 Å². The maximum atomic E-state index is 13.7.